The van der Waals surface area contributed by atoms with Crippen molar-refractivity contribution in [2.45, 2.75) is 180 Å². The fourth-order valence-electron chi connectivity index (χ4n) is 10.2. The molecule has 2 N–H and O–H groups in total. The van der Waals surface area contributed by atoms with Crippen LogP contribution in [0, 0.1) is 35.5 Å². The first-order valence-corrected chi connectivity index (χ1v) is 24.9. The average molecular weight is 1040 g/mol. The van der Waals surface area contributed by atoms with E-state index >= 15 is 0 Å². The van der Waals surface area contributed by atoms with Crippen molar-refractivity contribution in [2.24, 2.45) is 35.5 Å². The number of aliphatic hydroxyl groups excluding tert-OH is 1. The van der Waals surface area contributed by atoms with Crippen LogP contribution in [0.2, 0.25) is 0 Å². The minimum atomic E-state index is -2.42. The summed E-state index contributed by atoms with van der Waals surface area (Å²) in [7, 11) is 4.63. The van der Waals surface area contributed by atoms with Gasteiger partial charge in [-0.3, -0.25) is 19.2 Å². The number of amides is 1. The van der Waals surface area contributed by atoms with Gasteiger partial charge in [-0.15, -0.1) is 0 Å². The van der Waals surface area contributed by atoms with Gasteiger partial charge in [0.25, 0.3) is 11.7 Å². The van der Waals surface area contributed by atoms with Gasteiger partial charge in [0.2, 0.25) is 5.79 Å². The van der Waals surface area contributed by atoms with Crippen molar-refractivity contribution in [1.82, 2.24) is 4.90 Å². The van der Waals surface area contributed by atoms with Crippen molar-refractivity contribution in [3.63, 3.8) is 0 Å². The number of methoxy groups -OCH3 is 3. The van der Waals surface area contributed by atoms with Crippen LogP contribution in [0.5, 0.6) is 0 Å². The van der Waals surface area contributed by atoms with Gasteiger partial charge in [0.1, 0.15) is 53.1 Å². The first-order chi connectivity index (χ1) is 31.3. The van der Waals surface area contributed by atoms with E-state index in [-0.39, 0.29) is 60.9 Å². The third-order valence-corrected chi connectivity index (χ3v) is 15.2. The molecule has 1 aliphatic carbocycles. The highest BCUT2D eigenvalue weighted by Crippen LogP contribution is 2.38. The van der Waals surface area contributed by atoms with Crippen LogP contribution in [0.4, 0.5) is 0 Å². The Kier molecular flexibility index (Phi) is 22.4. The van der Waals surface area contributed by atoms with Crippen molar-refractivity contribution in [2.75, 3.05) is 27.9 Å². The number of rotatable bonds is 7. The van der Waals surface area contributed by atoms with E-state index in [0.717, 1.165) is 24.8 Å². The van der Waals surface area contributed by atoms with Crippen molar-refractivity contribution < 1.29 is 60.9 Å². The highest BCUT2D eigenvalue weighted by Gasteiger charge is 2.53. The van der Waals surface area contributed by atoms with Gasteiger partial charge >= 0.3 is 5.97 Å². The number of cyclic esters (lactones) is 1. The molecule has 66 heavy (non-hydrogen) atoms. The molecule has 372 valence electrons. The first-order valence-electron chi connectivity index (χ1n) is 24.1. The molecule has 1 saturated carbocycles. The van der Waals surface area contributed by atoms with Gasteiger partial charge in [-0.05, 0) is 107 Å². The molecule has 2 saturated heterocycles. The third-order valence-electron chi connectivity index (χ3n) is 14.6. The predicted molar refractivity (Wildman–Crippen MR) is 258 cm³/mol. The number of ether oxygens (including phenoxy) is 5. The van der Waals surface area contributed by atoms with Crippen molar-refractivity contribution >= 4 is 52.2 Å². The molecule has 3 fully saturated rings. The summed E-state index contributed by atoms with van der Waals surface area (Å²) < 4.78 is 35.3. The minimum absolute atomic E-state index is 0.0243. The Morgan fingerprint density at radius 3 is 2.26 bits per heavy atom. The number of allylic oxidation sites excluding steroid dienone is 6. The molecule has 0 aromatic carbocycles. The number of hydrogen-bond donors (Lipinski definition) is 2. The minimum Gasteiger partial charge on any atom is -0.460 e. The third kappa shape index (κ3) is 14.7. The molecule has 0 unspecified atom stereocenters. The summed E-state index contributed by atoms with van der Waals surface area (Å²) in [4.78, 5) is 72.0. The summed E-state index contributed by atoms with van der Waals surface area (Å²) in [6.07, 6.45) is 12.7. The molecule has 2 bridgehead atoms. The van der Waals surface area contributed by atoms with Gasteiger partial charge in [-0.1, -0.05) is 71.1 Å². The SMILES string of the molecule is CO[C@H]1C[C@@H]2CC[C@@H](C)[C@@](O)(O2)C(=O)C(=O)N2CCCC[C@H]2C(=O)O[C@H]([C@H](C)C[C@@H]2CC[C@@H](OI)[C@H](OC)C2)CC(=O)[C@H](C)/C=C(\C)[C@@H](O)[C@@H](OC)C(=O)[C@H](C)C[C@H](C)/C=C/C=CC=C1C. The number of halogens is 1. The van der Waals surface area contributed by atoms with Crippen LogP contribution in [0.1, 0.15) is 126 Å². The predicted octanol–water partition coefficient (Wildman–Crippen LogP) is 7.55. The largest absolute Gasteiger partial charge is 0.460 e. The van der Waals surface area contributed by atoms with E-state index in [1.807, 2.05) is 81.1 Å². The Morgan fingerprint density at radius 1 is 0.864 bits per heavy atom. The normalized spacial score (nSPS) is 38.7. The highest BCUT2D eigenvalue weighted by atomic mass is 127. The molecule has 0 aromatic heterocycles. The maximum Gasteiger partial charge on any atom is 0.329 e. The van der Waals surface area contributed by atoms with Gasteiger partial charge in [0.05, 0.1) is 24.4 Å². The van der Waals surface area contributed by atoms with E-state index in [4.69, 9.17) is 26.8 Å². The molecule has 0 radical (unpaired) electrons. The number of esters is 1. The molecular formula is C51H78INO13. The van der Waals surface area contributed by atoms with Crippen molar-refractivity contribution in [3.8, 4) is 0 Å². The second-order valence-electron chi connectivity index (χ2n) is 19.7. The summed E-state index contributed by atoms with van der Waals surface area (Å²) in [5, 5.41) is 23.4. The Bertz CT molecular complexity index is 1780. The van der Waals surface area contributed by atoms with Gasteiger partial charge in [0, 0.05) is 58.5 Å². The number of aliphatic hydroxyl groups is 2. The summed E-state index contributed by atoms with van der Waals surface area (Å²) in [5.41, 5.74) is 1.28. The van der Waals surface area contributed by atoms with Crippen molar-refractivity contribution in [1.29, 1.82) is 0 Å². The fraction of sp³-hybridized carbons (Fsp3) is 0.745. The van der Waals surface area contributed by atoms with Crippen LogP contribution in [-0.2, 0) is 50.7 Å². The fourth-order valence-corrected chi connectivity index (χ4v) is 10.8. The molecule has 15 atom stereocenters. The van der Waals surface area contributed by atoms with E-state index < -0.39 is 77.8 Å². The second-order valence-corrected chi connectivity index (χ2v) is 20.2. The Hall–Kier alpha value is -2.64. The molecule has 14 nitrogen and oxygen atoms in total. The van der Waals surface area contributed by atoms with E-state index in [1.54, 1.807) is 41.1 Å². The average Bonchev–Trinajstić information content (AvgIpc) is 3.30. The quantitative estimate of drug-likeness (QED) is 0.110. The van der Waals surface area contributed by atoms with Gasteiger partial charge in [-0.2, -0.15) is 0 Å². The zero-order chi connectivity index (χ0) is 48.9. The van der Waals surface area contributed by atoms with Crippen LogP contribution in [0.3, 0.4) is 0 Å². The number of fused-ring (bicyclic) bond motifs is 3. The lowest BCUT2D eigenvalue weighted by Gasteiger charge is -2.42. The van der Waals surface area contributed by atoms with E-state index in [2.05, 4.69) is 0 Å². The summed E-state index contributed by atoms with van der Waals surface area (Å²) in [6.45, 7) is 12.8. The van der Waals surface area contributed by atoms with Gasteiger partial charge < -0.3 is 41.9 Å². The second kappa shape index (κ2) is 26.4. The van der Waals surface area contributed by atoms with Crippen LogP contribution < -0.4 is 0 Å². The number of Topliss-reactive ketones (excluding diaryl/α,β-unsaturated/α-hetero) is 3. The van der Waals surface area contributed by atoms with Crippen LogP contribution in [0.15, 0.2) is 47.6 Å². The van der Waals surface area contributed by atoms with Crippen molar-refractivity contribution in [3.05, 3.63) is 47.6 Å². The van der Waals surface area contributed by atoms with Crippen LogP contribution in [0.25, 0.3) is 0 Å². The maximum absolute atomic E-state index is 14.4. The standard InChI is InChI=1S/C51H78INO13/c1-30-16-12-11-13-17-31(2)42(61-8)28-38-21-19-36(7)51(60,65-38)48(57)49(58)53-23-15-14-18-39(53)50(59)64-43(33(4)26-37-20-22-41(66-52)44(27-37)62-9)29-40(54)32(3)25-35(6)46(56)47(63-10)45(55)34(5)24-30/h11-13,16-17,25,30,32-34,36-39,41-44,46-47,56,60H,14-15,18-24,26-29H2,1-10H3/b13-11?,16-12+,31-17?,35-25+/t30-,32-,33-,34-,36-,37+,38+,39+,41-,42+,43+,44-,46-,47+,51-/m1/s1. The van der Waals surface area contributed by atoms with Gasteiger partial charge in [0.15, 0.2) is 5.78 Å². The number of hydrogen-bond acceptors (Lipinski definition) is 13. The molecular weight excluding hydrogens is 961 g/mol. The molecule has 3 aliphatic heterocycles. The summed E-state index contributed by atoms with van der Waals surface area (Å²) in [6, 6.07) is -1.12. The molecule has 0 aromatic rings. The maximum atomic E-state index is 14.4. The smallest absolute Gasteiger partial charge is 0.329 e. The molecule has 4 aliphatic rings. The lowest BCUT2D eigenvalue weighted by Crippen LogP contribution is -2.61. The molecule has 15 heteroatoms. The topological polar surface area (TPSA) is 184 Å². The monoisotopic (exact) mass is 1040 g/mol. The molecule has 0 spiro atoms. The van der Waals surface area contributed by atoms with Gasteiger partial charge in [-0.25, -0.2) is 4.79 Å². The Labute approximate surface area is 407 Å². The van der Waals surface area contributed by atoms with E-state index in [9.17, 15) is 34.2 Å². The number of ketones is 3. The summed E-state index contributed by atoms with van der Waals surface area (Å²) >= 11 is 1.91. The first kappa shape index (κ1) is 56.0. The number of piperidine rings is 1. The summed E-state index contributed by atoms with van der Waals surface area (Å²) in [5.74, 6) is -7.73. The van der Waals surface area contributed by atoms with E-state index in [1.165, 1.54) is 12.0 Å². The molecule has 4 rings (SSSR count). The number of nitrogens with zero attached hydrogens (tertiary/aromatic N) is 1. The molecule has 1 amide bonds. The Morgan fingerprint density at radius 2 is 1.59 bits per heavy atom. The zero-order valence-corrected chi connectivity index (χ0v) is 43.1. The van der Waals surface area contributed by atoms with E-state index in [0.29, 0.717) is 50.5 Å². The van der Waals surface area contributed by atoms with Crippen LogP contribution >= 0.6 is 23.0 Å². The lowest BCUT2D eigenvalue weighted by molar-refractivity contribution is -0.265. The number of carbonyl (C=O) groups is 5. The highest BCUT2D eigenvalue weighted by molar-refractivity contribution is 14.1. The lowest BCUT2D eigenvalue weighted by atomic mass is 9.78. The van der Waals surface area contributed by atoms with Crippen LogP contribution in [-0.4, -0.2) is 127 Å². The molecule has 3 heterocycles. The zero-order valence-electron chi connectivity index (χ0n) is 40.9. The Balaban J connectivity index is 1.70. The number of carbonyl (C=O) groups excluding carboxylic acids is 5.